The first kappa shape index (κ1) is 20.9. The van der Waals surface area contributed by atoms with Crippen molar-refractivity contribution in [3.63, 3.8) is 0 Å². The Morgan fingerprint density at radius 3 is 2.61 bits per heavy atom. The van der Waals surface area contributed by atoms with E-state index < -0.39 is 0 Å². The molecule has 1 aliphatic heterocycles. The van der Waals surface area contributed by atoms with Gasteiger partial charge in [0.1, 0.15) is 0 Å². The third-order valence-corrected chi connectivity index (χ3v) is 6.22. The predicted octanol–water partition coefficient (Wildman–Crippen LogP) is 4.37. The zero-order valence-corrected chi connectivity index (χ0v) is 19.3. The van der Waals surface area contributed by atoms with Gasteiger partial charge in [-0.3, -0.25) is 4.79 Å². The van der Waals surface area contributed by atoms with Crippen molar-refractivity contribution in [3.8, 4) is 0 Å². The van der Waals surface area contributed by atoms with E-state index in [0.29, 0.717) is 12.5 Å². The lowest BCUT2D eigenvalue weighted by Gasteiger charge is -2.28. The molecule has 33 heavy (non-hydrogen) atoms. The first-order valence-corrected chi connectivity index (χ1v) is 11.1. The molecule has 0 fully saturated rings. The van der Waals surface area contributed by atoms with Crippen LogP contribution in [0.25, 0.3) is 11.0 Å². The number of amides is 1. The maximum Gasteiger partial charge on any atom is 0.229 e. The molecule has 4 aromatic rings. The molecule has 0 bridgehead atoms. The molecule has 0 spiro atoms. The van der Waals surface area contributed by atoms with Crippen LogP contribution in [-0.2, 0) is 24.8 Å². The Balaban J connectivity index is 1.41. The molecule has 3 heterocycles. The van der Waals surface area contributed by atoms with Crippen LogP contribution in [0.4, 0.5) is 23.1 Å². The van der Waals surface area contributed by atoms with Gasteiger partial charge < -0.3 is 15.5 Å². The maximum atomic E-state index is 11.8. The van der Waals surface area contributed by atoms with Crippen molar-refractivity contribution in [3.05, 3.63) is 64.8 Å². The van der Waals surface area contributed by atoms with Gasteiger partial charge in [0.15, 0.2) is 11.5 Å². The molecule has 8 heteroatoms. The molecule has 0 saturated heterocycles. The van der Waals surface area contributed by atoms with Crippen molar-refractivity contribution in [1.29, 1.82) is 0 Å². The van der Waals surface area contributed by atoms with E-state index >= 15 is 0 Å². The highest BCUT2D eigenvalue weighted by molar-refractivity contribution is 5.90. The van der Waals surface area contributed by atoms with E-state index in [1.54, 1.807) is 17.8 Å². The zero-order chi connectivity index (χ0) is 23.1. The molecule has 0 saturated carbocycles. The number of nitrogens with zero attached hydrogens (tertiary/aromatic N) is 5. The molecule has 0 unspecified atom stereocenters. The Kier molecular flexibility index (Phi) is 5.20. The smallest absolute Gasteiger partial charge is 0.229 e. The van der Waals surface area contributed by atoms with Gasteiger partial charge in [-0.15, -0.1) is 0 Å². The number of nitrogens with one attached hydrogen (secondary N) is 2. The Labute approximate surface area is 192 Å². The summed E-state index contributed by atoms with van der Waals surface area (Å²) in [5, 5.41) is 12.3. The summed E-state index contributed by atoms with van der Waals surface area (Å²) < 4.78 is 1.76. The van der Waals surface area contributed by atoms with Gasteiger partial charge in [0, 0.05) is 44.6 Å². The number of hydrogen-bond acceptors (Lipinski definition) is 6. The third kappa shape index (κ3) is 4.00. The molecule has 0 atom stereocenters. The number of hydrogen-bond donors (Lipinski definition) is 2. The summed E-state index contributed by atoms with van der Waals surface area (Å²) in [7, 11) is 1.88. The van der Waals surface area contributed by atoms with Crippen LogP contribution in [0.5, 0.6) is 0 Å². The number of carbonyl (C=O) groups is 1. The number of aryl methyl sites for hydroxylation is 3. The Morgan fingerprint density at radius 1 is 1.06 bits per heavy atom. The van der Waals surface area contributed by atoms with Gasteiger partial charge in [-0.2, -0.15) is 10.1 Å². The lowest BCUT2D eigenvalue weighted by Crippen LogP contribution is -2.34. The van der Waals surface area contributed by atoms with Crippen LogP contribution in [0.15, 0.2) is 42.6 Å². The van der Waals surface area contributed by atoms with Crippen LogP contribution in [-0.4, -0.2) is 37.1 Å². The van der Waals surface area contributed by atoms with E-state index in [-0.39, 0.29) is 5.91 Å². The molecule has 8 nitrogen and oxygen atoms in total. The van der Waals surface area contributed by atoms with E-state index in [0.717, 1.165) is 57.9 Å². The summed E-state index contributed by atoms with van der Waals surface area (Å²) in [6, 6.07) is 12.4. The van der Waals surface area contributed by atoms with Crippen molar-refractivity contribution in [2.24, 2.45) is 7.05 Å². The monoisotopic (exact) mass is 441 g/mol. The average Bonchev–Trinajstić information content (AvgIpc) is 3.10. The zero-order valence-electron chi connectivity index (χ0n) is 19.3. The van der Waals surface area contributed by atoms with E-state index in [4.69, 9.17) is 4.98 Å². The lowest BCUT2D eigenvalue weighted by molar-refractivity contribution is -0.129. The van der Waals surface area contributed by atoms with Gasteiger partial charge in [0.05, 0.1) is 5.39 Å². The van der Waals surface area contributed by atoms with Crippen LogP contribution < -0.4 is 10.6 Å². The van der Waals surface area contributed by atoms with Crippen molar-refractivity contribution in [2.45, 2.75) is 33.7 Å². The molecule has 1 amide bonds. The fourth-order valence-corrected chi connectivity index (χ4v) is 4.35. The van der Waals surface area contributed by atoms with Crippen molar-refractivity contribution >= 4 is 40.1 Å². The van der Waals surface area contributed by atoms with E-state index in [2.05, 4.69) is 58.8 Å². The molecule has 5 rings (SSSR count). The summed E-state index contributed by atoms with van der Waals surface area (Å²) in [5.74, 6) is 1.34. The quantitative estimate of drug-likeness (QED) is 0.489. The van der Waals surface area contributed by atoms with Gasteiger partial charge in [-0.05, 0) is 54.7 Å². The number of benzene rings is 2. The van der Waals surface area contributed by atoms with Crippen LogP contribution in [0, 0.1) is 13.8 Å². The fraction of sp³-hybridized carbons (Fsp3) is 0.280. The van der Waals surface area contributed by atoms with Crippen LogP contribution in [0.2, 0.25) is 0 Å². The number of anilines is 4. The summed E-state index contributed by atoms with van der Waals surface area (Å²) in [5.41, 5.74) is 7.43. The Bertz CT molecular complexity index is 1350. The highest BCUT2D eigenvalue weighted by Gasteiger charge is 2.19. The summed E-state index contributed by atoms with van der Waals surface area (Å²) in [4.78, 5) is 22.9. The average molecular weight is 442 g/mol. The molecule has 2 aromatic carbocycles. The molecule has 1 aliphatic rings. The number of carbonyl (C=O) groups excluding carboxylic acids is 1. The third-order valence-electron chi connectivity index (χ3n) is 6.22. The number of para-hydroxylation sites is 1. The number of fused-ring (bicyclic) bond motifs is 2. The second kappa shape index (κ2) is 8.20. The summed E-state index contributed by atoms with van der Waals surface area (Å²) in [6.07, 6.45) is 2.67. The topological polar surface area (TPSA) is 88.0 Å². The van der Waals surface area contributed by atoms with Crippen molar-refractivity contribution < 1.29 is 4.79 Å². The second-order valence-electron chi connectivity index (χ2n) is 8.59. The molecule has 0 radical (unpaired) electrons. The largest absolute Gasteiger partial charge is 0.338 e. The van der Waals surface area contributed by atoms with Gasteiger partial charge in [-0.1, -0.05) is 24.3 Å². The first-order valence-electron chi connectivity index (χ1n) is 11.1. The minimum Gasteiger partial charge on any atom is -0.338 e. The molecular formula is C25H27N7O. The molecular weight excluding hydrogens is 414 g/mol. The first-order chi connectivity index (χ1) is 15.9. The van der Waals surface area contributed by atoms with Crippen LogP contribution in [0.1, 0.15) is 29.2 Å². The van der Waals surface area contributed by atoms with Gasteiger partial charge in [-0.25, -0.2) is 9.67 Å². The predicted molar refractivity (Wildman–Crippen MR) is 130 cm³/mol. The van der Waals surface area contributed by atoms with Crippen LogP contribution in [0.3, 0.4) is 0 Å². The van der Waals surface area contributed by atoms with Crippen LogP contribution >= 0.6 is 0 Å². The van der Waals surface area contributed by atoms with Gasteiger partial charge in [0.25, 0.3) is 0 Å². The molecule has 2 N–H and O–H groups in total. The van der Waals surface area contributed by atoms with E-state index in [1.807, 2.05) is 24.1 Å². The number of aromatic nitrogens is 4. The van der Waals surface area contributed by atoms with E-state index in [1.165, 1.54) is 5.56 Å². The highest BCUT2D eigenvalue weighted by Crippen LogP contribution is 2.29. The van der Waals surface area contributed by atoms with Crippen molar-refractivity contribution in [2.75, 3.05) is 17.2 Å². The maximum absolute atomic E-state index is 11.8. The normalized spacial score (nSPS) is 13.2. The summed E-state index contributed by atoms with van der Waals surface area (Å²) in [6.45, 7) is 7.18. The second-order valence-corrected chi connectivity index (χ2v) is 8.59. The van der Waals surface area contributed by atoms with E-state index in [9.17, 15) is 4.79 Å². The molecule has 2 aromatic heterocycles. The fourth-order valence-electron chi connectivity index (χ4n) is 4.35. The van der Waals surface area contributed by atoms with Crippen molar-refractivity contribution in [1.82, 2.24) is 24.6 Å². The Hall–Kier alpha value is -3.94. The SMILES string of the molecule is CC(=O)N1CCc2ccc(Nc3ncc4c(Nc5c(C)cccc5C)nn(C)c4n3)cc2C1. The lowest BCUT2D eigenvalue weighted by atomic mass is 9.99. The number of rotatable bonds is 4. The highest BCUT2D eigenvalue weighted by atomic mass is 16.2. The Morgan fingerprint density at radius 2 is 1.85 bits per heavy atom. The summed E-state index contributed by atoms with van der Waals surface area (Å²) >= 11 is 0. The standard InChI is InChI=1S/C25H27N7O/c1-15-6-5-7-16(2)22(15)28-23-21-13-26-25(29-24(21)31(4)30-23)27-20-9-8-18-10-11-32(17(3)33)14-19(18)12-20/h5-9,12-13H,10-11,14H2,1-4H3,(H,28,30)(H,26,27,29). The minimum atomic E-state index is 0.106. The minimum absolute atomic E-state index is 0.106. The van der Waals surface area contributed by atoms with Gasteiger partial charge in [0.2, 0.25) is 11.9 Å². The van der Waals surface area contributed by atoms with Gasteiger partial charge >= 0.3 is 0 Å². The molecule has 168 valence electrons. The molecule has 0 aliphatic carbocycles.